The van der Waals surface area contributed by atoms with Crippen molar-refractivity contribution >= 4 is 0 Å². The summed E-state index contributed by atoms with van der Waals surface area (Å²) in [6, 6.07) is 1.87. The molecule has 11 heavy (non-hydrogen) atoms. The standard InChI is InChI=1S/C7H12FN3/c8-2-4-9-5-7-11-6-1-3-10-11/h1,3,6,9H,2,4-5,7H2. The van der Waals surface area contributed by atoms with E-state index in [1.54, 1.807) is 6.20 Å². The first-order chi connectivity index (χ1) is 5.43. The Hall–Kier alpha value is -0.900. The van der Waals surface area contributed by atoms with Gasteiger partial charge in [-0.1, -0.05) is 0 Å². The number of aromatic nitrogens is 2. The van der Waals surface area contributed by atoms with Gasteiger partial charge in [0.05, 0.1) is 6.54 Å². The molecule has 0 aliphatic rings. The number of halogens is 1. The van der Waals surface area contributed by atoms with Crippen molar-refractivity contribution in [1.82, 2.24) is 15.1 Å². The van der Waals surface area contributed by atoms with Gasteiger partial charge in [-0.05, 0) is 6.07 Å². The molecule has 4 heteroatoms. The second-order valence-electron chi connectivity index (χ2n) is 2.21. The van der Waals surface area contributed by atoms with Crippen LogP contribution in [0.5, 0.6) is 0 Å². The van der Waals surface area contributed by atoms with Gasteiger partial charge in [0.1, 0.15) is 6.67 Å². The lowest BCUT2D eigenvalue weighted by Crippen LogP contribution is -2.22. The van der Waals surface area contributed by atoms with E-state index in [-0.39, 0.29) is 6.67 Å². The van der Waals surface area contributed by atoms with Crippen molar-refractivity contribution in [3.05, 3.63) is 18.5 Å². The van der Waals surface area contributed by atoms with E-state index in [0.29, 0.717) is 6.54 Å². The minimum atomic E-state index is -0.306. The van der Waals surface area contributed by atoms with Crippen LogP contribution in [0.25, 0.3) is 0 Å². The van der Waals surface area contributed by atoms with Crippen LogP contribution in [0.3, 0.4) is 0 Å². The van der Waals surface area contributed by atoms with E-state index in [2.05, 4.69) is 10.4 Å². The van der Waals surface area contributed by atoms with Gasteiger partial charge in [-0.25, -0.2) is 4.39 Å². The minimum absolute atomic E-state index is 0.306. The number of hydrogen-bond acceptors (Lipinski definition) is 2. The molecule has 1 aromatic heterocycles. The highest BCUT2D eigenvalue weighted by molar-refractivity contribution is 4.77. The summed E-state index contributed by atoms with van der Waals surface area (Å²) in [6.07, 6.45) is 3.62. The van der Waals surface area contributed by atoms with Gasteiger partial charge in [0.25, 0.3) is 0 Å². The second kappa shape index (κ2) is 4.85. The fourth-order valence-electron chi connectivity index (χ4n) is 0.818. The lowest BCUT2D eigenvalue weighted by Gasteiger charge is -2.01. The van der Waals surface area contributed by atoms with Gasteiger partial charge in [-0.2, -0.15) is 5.10 Å². The molecule has 0 radical (unpaired) electrons. The molecule has 0 saturated heterocycles. The molecular formula is C7H12FN3. The number of nitrogens with zero attached hydrogens (tertiary/aromatic N) is 2. The summed E-state index contributed by atoms with van der Waals surface area (Å²) in [7, 11) is 0. The van der Waals surface area contributed by atoms with Gasteiger partial charge in [-0.15, -0.1) is 0 Å². The molecule has 0 unspecified atom stereocenters. The van der Waals surface area contributed by atoms with Crippen molar-refractivity contribution in [2.45, 2.75) is 6.54 Å². The van der Waals surface area contributed by atoms with Crippen LogP contribution in [-0.4, -0.2) is 29.5 Å². The van der Waals surface area contributed by atoms with Crippen molar-refractivity contribution in [3.63, 3.8) is 0 Å². The summed E-state index contributed by atoms with van der Waals surface area (Å²) in [5.74, 6) is 0. The lowest BCUT2D eigenvalue weighted by molar-refractivity contribution is 0.455. The molecule has 1 aromatic rings. The molecule has 0 atom stereocenters. The number of hydrogen-bond donors (Lipinski definition) is 1. The van der Waals surface area contributed by atoms with E-state index >= 15 is 0 Å². The van der Waals surface area contributed by atoms with E-state index in [1.807, 2.05) is 16.9 Å². The summed E-state index contributed by atoms with van der Waals surface area (Å²) >= 11 is 0. The average Bonchev–Trinajstić information content (AvgIpc) is 2.50. The summed E-state index contributed by atoms with van der Waals surface area (Å²) in [4.78, 5) is 0. The SMILES string of the molecule is FCCNCCn1cccn1. The fraction of sp³-hybridized carbons (Fsp3) is 0.571. The molecule has 1 N–H and O–H groups in total. The molecule has 0 aliphatic carbocycles. The maximum absolute atomic E-state index is 11.6. The van der Waals surface area contributed by atoms with E-state index in [0.717, 1.165) is 13.1 Å². The van der Waals surface area contributed by atoms with Crippen molar-refractivity contribution in [3.8, 4) is 0 Å². The first-order valence-corrected chi connectivity index (χ1v) is 3.67. The predicted molar refractivity (Wildman–Crippen MR) is 41.1 cm³/mol. The maximum Gasteiger partial charge on any atom is 0.102 e. The molecule has 0 spiro atoms. The third-order valence-electron chi connectivity index (χ3n) is 1.35. The first kappa shape index (κ1) is 8.20. The molecule has 0 aromatic carbocycles. The summed E-state index contributed by atoms with van der Waals surface area (Å²) in [5, 5.41) is 6.93. The van der Waals surface area contributed by atoms with E-state index in [4.69, 9.17) is 0 Å². The molecule has 1 rings (SSSR count). The molecule has 0 fully saturated rings. The molecule has 0 amide bonds. The number of alkyl halides is 1. The van der Waals surface area contributed by atoms with Crippen LogP contribution in [-0.2, 0) is 6.54 Å². The highest BCUT2D eigenvalue weighted by Gasteiger charge is 1.88. The Bertz CT molecular complexity index is 174. The van der Waals surface area contributed by atoms with Crippen molar-refractivity contribution in [2.75, 3.05) is 19.8 Å². The lowest BCUT2D eigenvalue weighted by atomic mass is 10.6. The van der Waals surface area contributed by atoms with Gasteiger partial charge in [-0.3, -0.25) is 4.68 Å². The molecule has 0 bridgehead atoms. The zero-order chi connectivity index (χ0) is 7.94. The third kappa shape index (κ3) is 3.13. The molecule has 0 aliphatic heterocycles. The Kier molecular flexibility index (Phi) is 3.61. The van der Waals surface area contributed by atoms with Crippen LogP contribution in [0.1, 0.15) is 0 Å². The Morgan fingerprint density at radius 1 is 1.45 bits per heavy atom. The topological polar surface area (TPSA) is 29.9 Å². The van der Waals surface area contributed by atoms with Crippen LogP contribution in [0.4, 0.5) is 4.39 Å². The number of rotatable bonds is 5. The largest absolute Gasteiger partial charge is 0.312 e. The van der Waals surface area contributed by atoms with Crippen LogP contribution in [0.15, 0.2) is 18.5 Å². The Balaban J connectivity index is 2.04. The monoisotopic (exact) mass is 157 g/mol. The third-order valence-corrected chi connectivity index (χ3v) is 1.35. The predicted octanol–water partition coefficient (Wildman–Crippen LogP) is 0.442. The summed E-state index contributed by atoms with van der Waals surface area (Å²) < 4.78 is 13.4. The van der Waals surface area contributed by atoms with E-state index in [1.165, 1.54) is 0 Å². The van der Waals surface area contributed by atoms with Gasteiger partial charge >= 0.3 is 0 Å². The first-order valence-electron chi connectivity index (χ1n) is 3.67. The number of nitrogens with one attached hydrogen (secondary N) is 1. The Morgan fingerprint density at radius 2 is 2.36 bits per heavy atom. The zero-order valence-electron chi connectivity index (χ0n) is 6.33. The summed E-state index contributed by atoms with van der Waals surface area (Å²) in [6.45, 7) is 1.69. The van der Waals surface area contributed by atoms with E-state index < -0.39 is 0 Å². The van der Waals surface area contributed by atoms with Crippen LogP contribution in [0.2, 0.25) is 0 Å². The van der Waals surface area contributed by atoms with E-state index in [9.17, 15) is 4.39 Å². The van der Waals surface area contributed by atoms with Gasteiger partial charge in [0, 0.05) is 25.5 Å². The van der Waals surface area contributed by atoms with Crippen molar-refractivity contribution < 1.29 is 4.39 Å². The minimum Gasteiger partial charge on any atom is -0.312 e. The average molecular weight is 157 g/mol. The molecule has 0 saturated carbocycles. The second-order valence-corrected chi connectivity index (χ2v) is 2.21. The van der Waals surface area contributed by atoms with Crippen molar-refractivity contribution in [1.29, 1.82) is 0 Å². The maximum atomic E-state index is 11.6. The van der Waals surface area contributed by atoms with Gasteiger partial charge in [0.15, 0.2) is 0 Å². The molecule has 3 nitrogen and oxygen atoms in total. The zero-order valence-corrected chi connectivity index (χ0v) is 6.33. The van der Waals surface area contributed by atoms with Gasteiger partial charge < -0.3 is 5.32 Å². The highest BCUT2D eigenvalue weighted by atomic mass is 19.1. The molecule has 1 heterocycles. The van der Waals surface area contributed by atoms with Crippen LogP contribution < -0.4 is 5.32 Å². The summed E-state index contributed by atoms with van der Waals surface area (Å²) in [5.41, 5.74) is 0. The highest BCUT2D eigenvalue weighted by Crippen LogP contribution is 1.81. The van der Waals surface area contributed by atoms with Crippen LogP contribution in [0, 0.1) is 0 Å². The quantitative estimate of drug-likeness (QED) is 0.629. The Morgan fingerprint density at radius 3 is 3.00 bits per heavy atom. The smallest absolute Gasteiger partial charge is 0.102 e. The normalized spacial score (nSPS) is 10.3. The molecular weight excluding hydrogens is 145 g/mol. The Labute approximate surface area is 65.2 Å². The van der Waals surface area contributed by atoms with Crippen LogP contribution >= 0.6 is 0 Å². The van der Waals surface area contributed by atoms with Crippen molar-refractivity contribution in [2.24, 2.45) is 0 Å². The van der Waals surface area contributed by atoms with Gasteiger partial charge in [0.2, 0.25) is 0 Å². The fourth-order valence-corrected chi connectivity index (χ4v) is 0.818. The molecule has 62 valence electrons.